The number of amides is 1. The number of anilines is 2. The van der Waals surface area contributed by atoms with Gasteiger partial charge >= 0.3 is 0 Å². The average molecular weight is 251 g/mol. The van der Waals surface area contributed by atoms with E-state index in [1.54, 1.807) is 18.2 Å². The van der Waals surface area contributed by atoms with Crippen LogP contribution in [0.5, 0.6) is 0 Å². The average Bonchev–Trinajstić information content (AvgIpc) is 2.69. The van der Waals surface area contributed by atoms with Gasteiger partial charge in [-0.05, 0) is 54.4 Å². The zero-order valence-electron chi connectivity index (χ0n) is 9.16. The summed E-state index contributed by atoms with van der Waals surface area (Å²) >= 11 is 5.60. The van der Waals surface area contributed by atoms with Crippen molar-refractivity contribution in [3.05, 3.63) is 46.9 Å². The highest BCUT2D eigenvalue weighted by Crippen LogP contribution is 2.19. The number of furan rings is 1. The number of hydrogen-bond acceptors (Lipinski definition) is 3. The largest absolute Gasteiger partial charge is 0.440 e. The van der Waals surface area contributed by atoms with Gasteiger partial charge in [0.25, 0.3) is 5.91 Å². The number of nitrogens with one attached hydrogen (secondary N) is 1. The van der Waals surface area contributed by atoms with Gasteiger partial charge in [-0.3, -0.25) is 4.79 Å². The first kappa shape index (κ1) is 11.5. The Morgan fingerprint density at radius 1 is 1.35 bits per heavy atom. The monoisotopic (exact) mass is 250 g/mol. The summed E-state index contributed by atoms with van der Waals surface area (Å²) < 4.78 is 5.01. The normalized spacial score (nSPS) is 10.2. The quantitative estimate of drug-likeness (QED) is 0.805. The number of hydrogen-bond donors (Lipinski definition) is 2. The van der Waals surface area contributed by atoms with Gasteiger partial charge in [0.2, 0.25) is 0 Å². The smallest absolute Gasteiger partial charge is 0.291 e. The van der Waals surface area contributed by atoms with Crippen LogP contribution in [0.3, 0.4) is 0 Å². The third-order valence-electron chi connectivity index (χ3n) is 2.30. The van der Waals surface area contributed by atoms with Crippen LogP contribution in [0, 0.1) is 6.92 Å². The standard InChI is InChI=1S/C12H11ClN2O2/c1-7-6-8(14)2-3-9(7)15-12(16)10-4-5-11(13)17-10/h2-6H,14H2,1H3,(H,15,16). The number of halogens is 1. The first-order valence-electron chi connectivity index (χ1n) is 4.99. The highest BCUT2D eigenvalue weighted by molar-refractivity contribution is 6.29. The maximum atomic E-state index is 11.8. The number of carbonyl (C=O) groups is 1. The fraction of sp³-hybridized carbons (Fsp3) is 0.0833. The van der Waals surface area contributed by atoms with E-state index < -0.39 is 0 Å². The van der Waals surface area contributed by atoms with Gasteiger partial charge < -0.3 is 15.5 Å². The maximum absolute atomic E-state index is 11.8. The van der Waals surface area contributed by atoms with Gasteiger partial charge in [-0.1, -0.05) is 0 Å². The molecular weight excluding hydrogens is 240 g/mol. The molecule has 2 rings (SSSR count). The van der Waals surface area contributed by atoms with E-state index in [0.29, 0.717) is 11.4 Å². The lowest BCUT2D eigenvalue weighted by Crippen LogP contribution is -2.11. The van der Waals surface area contributed by atoms with E-state index in [0.717, 1.165) is 5.56 Å². The van der Waals surface area contributed by atoms with E-state index in [4.69, 9.17) is 21.8 Å². The van der Waals surface area contributed by atoms with Gasteiger partial charge in [-0.2, -0.15) is 0 Å². The Hall–Kier alpha value is -1.94. The summed E-state index contributed by atoms with van der Waals surface area (Å²) in [5.74, 6) is -0.170. The van der Waals surface area contributed by atoms with Crippen molar-refractivity contribution in [3.63, 3.8) is 0 Å². The Balaban J connectivity index is 2.18. The molecule has 17 heavy (non-hydrogen) atoms. The van der Waals surface area contributed by atoms with E-state index in [1.165, 1.54) is 12.1 Å². The first-order valence-corrected chi connectivity index (χ1v) is 5.37. The molecule has 2 aromatic rings. The molecule has 88 valence electrons. The number of aryl methyl sites for hydroxylation is 1. The molecule has 0 saturated carbocycles. The third kappa shape index (κ3) is 2.60. The third-order valence-corrected chi connectivity index (χ3v) is 2.50. The van der Waals surface area contributed by atoms with Crippen molar-refractivity contribution >= 4 is 28.9 Å². The SMILES string of the molecule is Cc1cc(N)ccc1NC(=O)c1ccc(Cl)o1. The predicted octanol–water partition coefficient (Wildman–Crippen LogP) is 3.08. The lowest BCUT2D eigenvalue weighted by Gasteiger charge is -2.07. The highest BCUT2D eigenvalue weighted by atomic mass is 35.5. The Morgan fingerprint density at radius 3 is 2.71 bits per heavy atom. The minimum Gasteiger partial charge on any atom is -0.440 e. The fourth-order valence-electron chi connectivity index (χ4n) is 1.45. The Labute approximate surface area is 103 Å². The van der Waals surface area contributed by atoms with Crippen molar-refractivity contribution in [2.24, 2.45) is 0 Å². The molecule has 0 saturated heterocycles. The molecule has 4 nitrogen and oxygen atoms in total. The van der Waals surface area contributed by atoms with Crippen molar-refractivity contribution < 1.29 is 9.21 Å². The van der Waals surface area contributed by atoms with Crippen LogP contribution in [0.15, 0.2) is 34.7 Å². The van der Waals surface area contributed by atoms with Crippen LogP contribution >= 0.6 is 11.6 Å². The molecule has 0 aliphatic heterocycles. The van der Waals surface area contributed by atoms with E-state index in [9.17, 15) is 4.79 Å². The second kappa shape index (κ2) is 4.51. The predicted molar refractivity (Wildman–Crippen MR) is 67.3 cm³/mol. The summed E-state index contributed by atoms with van der Waals surface area (Å²) in [6.07, 6.45) is 0. The van der Waals surface area contributed by atoms with E-state index >= 15 is 0 Å². The lowest BCUT2D eigenvalue weighted by molar-refractivity contribution is 0.0996. The zero-order chi connectivity index (χ0) is 12.4. The molecule has 1 amide bonds. The molecular formula is C12H11ClN2O2. The molecule has 0 aliphatic rings. The van der Waals surface area contributed by atoms with Crippen LogP contribution in [-0.2, 0) is 0 Å². The number of nitrogen functional groups attached to an aromatic ring is 1. The minimum absolute atomic E-state index is 0.172. The van der Waals surface area contributed by atoms with E-state index in [1.807, 2.05) is 6.92 Å². The Bertz CT molecular complexity index is 563. The van der Waals surface area contributed by atoms with Gasteiger partial charge in [-0.25, -0.2) is 0 Å². The summed E-state index contributed by atoms with van der Waals surface area (Å²) in [5, 5.41) is 2.90. The first-order chi connectivity index (χ1) is 8.06. The van der Waals surface area contributed by atoms with Gasteiger partial charge in [-0.15, -0.1) is 0 Å². The number of benzene rings is 1. The molecule has 1 aromatic heterocycles. The number of carbonyl (C=O) groups excluding carboxylic acids is 1. The zero-order valence-corrected chi connectivity index (χ0v) is 9.91. The molecule has 0 aliphatic carbocycles. The molecule has 3 N–H and O–H groups in total. The van der Waals surface area contributed by atoms with Crippen molar-refractivity contribution in [1.29, 1.82) is 0 Å². The number of nitrogens with two attached hydrogens (primary N) is 1. The van der Waals surface area contributed by atoms with Gasteiger partial charge in [0.05, 0.1) is 0 Å². The van der Waals surface area contributed by atoms with Crippen molar-refractivity contribution in [3.8, 4) is 0 Å². The topological polar surface area (TPSA) is 68.3 Å². The van der Waals surface area contributed by atoms with Gasteiger partial charge in [0, 0.05) is 11.4 Å². The molecule has 1 aromatic carbocycles. The van der Waals surface area contributed by atoms with Crippen molar-refractivity contribution in [2.45, 2.75) is 6.92 Å². The van der Waals surface area contributed by atoms with Crippen molar-refractivity contribution in [1.82, 2.24) is 0 Å². The molecule has 0 radical (unpaired) electrons. The van der Waals surface area contributed by atoms with Crippen LogP contribution in [0.25, 0.3) is 0 Å². The Kier molecular flexibility index (Phi) is 3.06. The van der Waals surface area contributed by atoms with E-state index in [2.05, 4.69) is 5.32 Å². The van der Waals surface area contributed by atoms with Crippen LogP contribution < -0.4 is 11.1 Å². The summed E-state index contributed by atoms with van der Waals surface area (Å²) in [6, 6.07) is 8.28. The molecule has 1 heterocycles. The fourth-order valence-corrected chi connectivity index (χ4v) is 1.59. The van der Waals surface area contributed by atoms with Crippen LogP contribution in [0.4, 0.5) is 11.4 Å². The molecule has 0 bridgehead atoms. The van der Waals surface area contributed by atoms with E-state index in [-0.39, 0.29) is 16.9 Å². The maximum Gasteiger partial charge on any atom is 0.291 e. The summed E-state index contributed by atoms with van der Waals surface area (Å²) in [6.45, 7) is 1.86. The second-order valence-corrected chi connectivity index (χ2v) is 4.00. The molecule has 0 spiro atoms. The molecule has 5 heteroatoms. The molecule has 0 fully saturated rings. The molecule has 0 atom stereocenters. The van der Waals surface area contributed by atoms with Gasteiger partial charge in [0.1, 0.15) is 0 Å². The minimum atomic E-state index is -0.343. The van der Waals surface area contributed by atoms with Crippen molar-refractivity contribution in [2.75, 3.05) is 11.1 Å². The summed E-state index contributed by atoms with van der Waals surface area (Å²) in [7, 11) is 0. The Morgan fingerprint density at radius 2 is 2.12 bits per heavy atom. The molecule has 0 unspecified atom stereocenters. The van der Waals surface area contributed by atoms with Crippen LogP contribution in [0.1, 0.15) is 16.1 Å². The van der Waals surface area contributed by atoms with Crippen LogP contribution in [0.2, 0.25) is 5.22 Å². The second-order valence-electron chi connectivity index (χ2n) is 3.63. The van der Waals surface area contributed by atoms with Crippen LogP contribution in [-0.4, -0.2) is 5.91 Å². The summed E-state index contributed by atoms with van der Waals surface area (Å²) in [4.78, 5) is 11.8. The number of rotatable bonds is 2. The highest BCUT2D eigenvalue weighted by Gasteiger charge is 2.11. The lowest BCUT2D eigenvalue weighted by atomic mass is 10.2. The van der Waals surface area contributed by atoms with Gasteiger partial charge in [0.15, 0.2) is 11.0 Å². The summed E-state index contributed by atoms with van der Waals surface area (Å²) in [5.41, 5.74) is 7.85.